The first-order chi connectivity index (χ1) is 8.43. The minimum Gasteiger partial charge on any atom is -0.480 e. The molecule has 18 heavy (non-hydrogen) atoms. The third-order valence-corrected chi connectivity index (χ3v) is 2.98. The lowest BCUT2D eigenvalue weighted by atomic mass is 10.5. The summed E-state index contributed by atoms with van der Waals surface area (Å²) in [6.45, 7) is 1.84. The maximum Gasteiger partial charge on any atom is 0.325 e. The number of hydrogen-bond acceptors (Lipinski definition) is 5. The fourth-order valence-corrected chi connectivity index (χ4v) is 2.00. The van der Waals surface area contributed by atoms with Gasteiger partial charge in [0.15, 0.2) is 0 Å². The predicted octanol–water partition coefficient (Wildman–Crippen LogP) is -1.30. The quantitative estimate of drug-likeness (QED) is 0.542. The molecule has 0 spiro atoms. The van der Waals surface area contributed by atoms with E-state index in [0.717, 1.165) is 4.68 Å². The van der Waals surface area contributed by atoms with Gasteiger partial charge in [0.1, 0.15) is 6.54 Å². The van der Waals surface area contributed by atoms with Crippen LogP contribution in [0.1, 0.15) is 19.0 Å². The maximum absolute atomic E-state index is 11.4. The molecule has 3 N–H and O–H groups in total. The number of aromatic nitrogens is 3. The van der Waals surface area contributed by atoms with Gasteiger partial charge in [-0.25, -0.2) is 9.40 Å². The average Bonchev–Trinajstić information content (AvgIpc) is 2.71. The van der Waals surface area contributed by atoms with E-state index in [9.17, 15) is 13.2 Å². The molecule has 0 unspecified atom stereocenters. The van der Waals surface area contributed by atoms with Crippen molar-refractivity contribution in [2.75, 3.05) is 6.54 Å². The van der Waals surface area contributed by atoms with Crippen LogP contribution in [0.25, 0.3) is 0 Å². The van der Waals surface area contributed by atoms with Crippen molar-refractivity contribution in [2.24, 2.45) is 0 Å². The highest BCUT2D eigenvalue weighted by Gasteiger charge is 2.10. The molecule has 9 nitrogen and oxygen atoms in total. The monoisotopic (exact) mass is 277 g/mol. The summed E-state index contributed by atoms with van der Waals surface area (Å²) < 4.78 is 28.5. The van der Waals surface area contributed by atoms with Gasteiger partial charge in [-0.05, 0) is 6.42 Å². The standard InChI is InChI=1S/C8H15N5O4S/c1-2-3-9-18(16,17)10-4-7-5-13(12-11-7)6-8(14)15/h5,9-10H,2-4,6H2,1H3,(H,14,15). The SMILES string of the molecule is CCCNS(=O)(=O)NCc1cn(CC(=O)O)nn1. The van der Waals surface area contributed by atoms with Gasteiger partial charge in [0.25, 0.3) is 10.2 Å². The van der Waals surface area contributed by atoms with Gasteiger partial charge in [0, 0.05) is 6.54 Å². The van der Waals surface area contributed by atoms with E-state index in [0.29, 0.717) is 18.7 Å². The van der Waals surface area contributed by atoms with Crippen LogP contribution in [-0.4, -0.2) is 41.0 Å². The van der Waals surface area contributed by atoms with Gasteiger partial charge < -0.3 is 5.11 Å². The first-order valence-electron chi connectivity index (χ1n) is 5.28. The Bertz CT molecular complexity index is 497. The molecule has 0 atom stereocenters. The maximum atomic E-state index is 11.4. The summed E-state index contributed by atoms with van der Waals surface area (Å²) >= 11 is 0. The first-order valence-corrected chi connectivity index (χ1v) is 6.76. The van der Waals surface area contributed by atoms with Gasteiger partial charge >= 0.3 is 5.97 Å². The molecule has 0 aliphatic carbocycles. The highest BCUT2D eigenvalue weighted by molar-refractivity contribution is 7.87. The summed E-state index contributed by atoms with van der Waals surface area (Å²) in [5.74, 6) is -1.04. The van der Waals surface area contributed by atoms with Crippen LogP contribution < -0.4 is 9.44 Å². The Morgan fingerprint density at radius 3 is 2.83 bits per heavy atom. The topological polar surface area (TPSA) is 126 Å². The Hall–Kier alpha value is -1.52. The lowest BCUT2D eigenvalue weighted by Crippen LogP contribution is -2.36. The molecule has 0 aliphatic heterocycles. The van der Waals surface area contributed by atoms with Crippen molar-refractivity contribution in [1.82, 2.24) is 24.4 Å². The molecule has 10 heteroatoms. The highest BCUT2D eigenvalue weighted by Crippen LogP contribution is 1.93. The molecule has 0 radical (unpaired) electrons. The van der Waals surface area contributed by atoms with Gasteiger partial charge in [-0.2, -0.15) is 13.1 Å². The van der Waals surface area contributed by atoms with E-state index in [2.05, 4.69) is 19.8 Å². The van der Waals surface area contributed by atoms with Crippen molar-refractivity contribution >= 4 is 16.2 Å². The minimum absolute atomic E-state index is 0.0430. The van der Waals surface area contributed by atoms with Crippen molar-refractivity contribution < 1.29 is 18.3 Å². The second-order valence-electron chi connectivity index (χ2n) is 3.52. The number of carboxylic acids is 1. The highest BCUT2D eigenvalue weighted by atomic mass is 32.2. The van der Waals surface area contributed by atoms with Crippen LogP contribution in [0.15, 0.2) is 6.20 Å². The van der Waals surface area contributed by atoms with Crippen molar-refractivity contribution in [3.8, 4) is 0 Å². The molecular formula is C8H15N5O4S. The summed E-state index contributed by atoms with van der Waals surface area (Å²) in [7, 11) is -3.55. The van der Waals surface area contributed by atoms with Crippen molar-refractivity contribution in [3.05, 3.63) is 11.9 Å². The summed E-state index contributed by atoms with van der Waals surface area (Å²) in [5.41, 5.74) is 0.345. The van der Waals surface area contributed by atoms with Gasteiger partial charge in [-0.15, -0.1) is 5.10 Å². The molecule has 1 aromatic rings. The van der Waals surface area contributed by atoms with Gasteiger partial charge in [0.2, 0.25) is 0 Å². The molecule has 0 amide bonds. The molecule has 1 heterocycles. The summed E-state index contributed by atoms with van der Waals surface area (Å²) in [6.07, 6.45) is 2.06. The van der Waals surface area contributed by atoms with E-state index >= 15 is 0 Å². The third kappa shape index (κ3) is 5.21. The molecule has 0 aliphatic rings. The molecule has 102 valence electrons. The van der Waals surface area contributed by atoms with E-state index < -0.39 is 16.2 Å². The van der Waals surface area contributed by atoms with Gasteiger partial charge in [0.05, 0.1) is 18.4 Å². The van der Waals surface area contributed by atoms with Crippen LogP contribution in [0.2, 0.25) is 0 Å². The van der Waals surface area contributed by atoms with Crippen LogP contribution in [0.4, 0.5) is 0 Å². The molecule has 0 fully saturated rings. The number of aliphatic carboxylic acids is 1. The molecular weight excluding hydrogens is 262 g/mol. The second-order valence-corrected chi connectivity index (χ2v) is 5.10. The third-order valence-electron chi connectivity index (χ3n) is 1.87. The van der Waals surface area contributed by atoms with E-state index in [1.54, 1.807) is 0 Å². The first kappa shape index (κ1) is 14.5. The van der Waals surface area contributed by atoms with Gasteiger partial charge in [-0.1, -0.05) is 12.1 Å². The molecule has 1 rings (SSSR count). The van der Waals surface area contributed by atoms with E-state index in [1.165, 1.54) is 6.20 Å². The Kier molecular flexibility index (Phi) is 5.19. The zero-order valence-electron chi connectivity index (χ0n) is 9.83. The molecule has 1 aromatic heterocycles. The second kappa shape index (κ2) is 6.42. The molecule has 0 bridgehead atoms. The van der Waals surface area contributed by atoms with Crippen LogP contribution in [0, 0.1) is 0 Å². The number of hydrogen-bond donors (Lipinski definition) is 3. The smallest absolute Gasteiger partial charge is 0.325 e. The normalized spacial score (nSPS) is 11.6. The number of carboxylic acid groups (broad SMARTS) is 1. The zero-order valence-corrected chi connectivity index (χ0v) is 10.6. The zero-order chi connectivity index (χ0) is 13.6. The summed E-state index contributed by atoms with van der Waals surface area (Å²) in [4.78, 5) is 10.4. The van der Waals surface area contributed by atoms with E-state index in [1.807, 2.05) is 6.92 Å². The Balaban J connectivity index is 2.48. The van der Waals surface area contributed by atoms with Crippen LogP contribution in [0.3, 0.4) is 0 Å². The van der Waals surface area contributed by atoms with Gasteiger partial charge in [-0.3, -0.25) is 4.79 Å². The van der Waals surface area contributed by atoms with Crippen LogP contribution in [0.5, 0.6) is 0 Å². The van der Waals surface area contributed by atoms with Crippen molar-refractivity contribution in [3.63, 3.8) is 0 Å². The Labute approximate surface area is 104 Å². The number of carbonyl (C=O) groups is 1. The molecule has 0 saturated heterocycles. The number of nitrogens with zero attached hydrogens (tertiary/aromatic N) is 3. The lowest BCUT2D eigenvalue weighted by molar-refractivity contribution is -0.137. The Morgan fingerprint density at radius 2 is 2.22 bits per heavy atom. The number of rotatable bonds is 8. The molecule has 0 aromatic carbocycles. The van der Waals surface area contributed by atoms with Crippen molar-refractivity contribution in [1.29, 1.82) is 0 Å². The van der Waals surface area contributed by atoms with Crippen molar-refractivity contribution in [2.45, 2.75) is 26.4 Å². The number of nitrogens with one attached hydrogen (secondary N) is 2. The average molecular weight is 277 g/mol. The largest absolute Gasteiger partial charge is 0.480 e. The lowest BCUT2D eigenvalue weighted by Gasteiger charge is -2.05. The molecule has 0 saturated carbocycles. The minimum atomic E-state index is -3.55. The van der Waals surface area contributed by atoms with E-state index in [4.69, 9.17) is 5.11 Å². The van der Waals surface area contributed by atoms with Crippen LogP contribution in [-0.2, 0) is 28.1 Å². The summed E-state index contributed by atoms with van der Waals surface area (Å²) in [5, 5.41) is 15.7. The van der Waals surface area contributed by atoms with E-state index in [-0.39, 0.29) is 13.1 Å². The van der Waals surface area contributed by atoms with Crippen LogP contribution >= 0.6 is 0 Å². The fourth-order valence-electron chi connectivity index (χ4n) is 1.09. The summed E-state index contributed by atoms with van der Waals surface area (Å²) in [6, 6.07) is 0. The predicted molar refractivity (Wildman–Crippen MR) is 61.7 cm³/mol. The fraction of sp³-hybridized carbons (Fsp3) is 0.625. The Morgan fingerprint density at radius 1 is 1.50 bits per heavy atom.